The zero-order valence-electron chi connectivity index (χ0n) is 32.7. The predicted molar refractivity (Wildman–Crippen MR) is 211 cm³/mol. The van der Waals surface area contributed by atoms with Gasteiger partial charge in [-0.15, -0.1) is 0 Å². The van der Waals surface area contributed by atoms with Crippen molar-refractivity contribution in [2.45, 2.75) is 90.4 Å². The fraction of sp³-hybridized carbons (Fsp3) is 0.429. The van der Waals surface area contributed by atoms with Crippen molar-refractivity contribution in [2.75, 3.05) is 13.1 Å². The van der Waals surface area contributed by atoms with E-state index in [1.54, 1.807) is 38.1 Å². The molecular formula is C42H52N6O9. The van der Waals surface area contributed by atoms with Gasteiger partial charge in [0.25, 0.3) is 0 Å². The number of amides is 6. The smallest absolute Gasteiger partial charge is 0.305 e. The van der Waals surface area contributed by atoms with E-state index in [0.29, 0.717) is 24.0 Å². The zero-order valence-corrected chi connectivity index (χ0v) is 32.7. The molecule has 0 radical (unpaired) electrons. The number of hydrogen-bond acceptors (Lipinski definition) is 8. The van der Waals surface area contributed by atoms with Crippen LogP contribution in [0, 0.1) is 11.8 Å². The number of nitrogens with zero attached hydrogens (tertiary/aromatic N) is 1. The second kappa shape index (κ2) is 20.2. The monoisotopic (exact) mass is 784 g/mol. The van der Waals surface area contributed by atoms with Crippen molar-refractivity contribution >= 4 is 58.0 Å². The van der Waals surface area contributed by atoms with Crippen molar-refractivity contribution in [1.29, 1.82) is 0 Å². The third-order valence-electron chi connectivity index (χ3n) is 10.5. The van der Waals surface area contributed by atoms with Gasteiger partial charge in [-0.05, 0) is 46.2 Å². The summed E-state index contributed by atoms with van der Waals surface area (Å²) < 4.78 is 0. The highest BCUT2D eigenvalue weighted by Gasteiger charge is 2.42. The number of likely N-dealkylation sites (tertiary alicyclic amines) is 1. The van der Waals surface area contributed by atoms with Gasteiger partial charge in [0, 0.05) is 18.5 Å². The van der Waals surface area contributed by atoms with Gasteiger partial charge in [0.2, 0.25) is 35.4 Å². The van der Waals surface area contributed by atoms with E-state index >= 15 is 0 Å². The molecule has 0 spiro atoms. The molecule has 1 heterocycles. The second-order valence-corrected chi connectivity index (χ2v) is 14.6. The minimum absolute atomic E-state index is 0.0250. The molecule has 15 nitrogen and oxygen atoms in total. The number of carbonyl (C=O) groups excluding carboxylic acids is 7. The van der Waals surface area contributed by atoms with Crippen LogP contribution < -0.4 is 27.0 Å². The molecule has 6 amide bonds. The van der Waals surface area contributed by atoms with Gasteiger partial charge in [0.05, 0.1) is 19.4 Å². The maximum absolute atomic E-state index is 13.7. The molecule has 4 rings (SSSR count). The van der Waals surface area contributed by atoms with E-state index in [1.165, 1.54) is 4.90 Å². The van der Waals surface area contributed by atoms with Crippen LogP contribution in [0.15, 0.2) is 66.7 Å². The van der Waals surface area contributed by atoms with Gasteiger partial charge in [-0.1, -0.05) is 101 Å². The van der Waals surface area contributed by atoms with Crippen molar-refractivity contribution in [3.8, 4) is 0 Å². The van der Waals surface area contributed by atoms with Gasteiger partial charge < -0.3 is 37.0 Å². The number of ketones is 1. The summed E-state index contributed by atoms with van der Waals surface area (Å²) >= 11 is 0. The molecule has 1 unspecified atom stereocenters. The van der Waals surface area contributed by atoms with Gasteiger partial charge in [-0.3, -0.25) is 38.4 Å². The lowest BCUT2D eigenvalue weighted by atomic mass is 9.96. The zero-order chi connectivity index (χ0) is 41.8. The van der Waals surface area contributed by atoms with E-state index in [9.17, 15) is 43.5 Å². The average Bonchev–Trinajstić information content (AvgIpc) is 3.53. The van der Waals surface area contributed by atoms with Crippen LogP contribution in [-0.4, -0.2) is 94.5 Å². The summed E-state index contributed by atoms with van der Waals surface area (Å²) in [5.74, 6) is -6.21. The Morgan fingerprint density at radius 3 is 2.05 bits per heavy atom. The fourth-order valence-corrected chi connectivity index (χ4v) is 6.78. The molecule has 7 N–H and O–H groups in total. The van der Waals surface area contributed by atoms with E-state index < -0.39 is 84.5 Å². The van der Waals surface area contributed by atoms with Gasteiger partial charge in [0.15, 0.2) is 5.78 Å². The molecule has 0 saturated carbocycles. The van der Waals surface area contributed by atoms with E-state index in [0.717, 1.165) is 16.3 Å². The van der Waals surface area contributed by atoms with Crippen LogP contribution in [0.5, 0.6) is 0 Å². The molecule has 6 atom stereocenters. The lowest BCUT2D eigenvalue weighted by Gasteiger charge is -2.32. The Kier molecular flexibility index (Phi) is 15.4. The normalized spacial score (nSPS) is 16.5. The first-order chi connectivity index (χ1) is 27.1. The fourth-order valence-electron chi connectivity index (χ4n) is 6.78. The number of fused-ring (bicyclic) bond motifs is 1. The van der Waals surface area contributed by atoms with Gasteiger partial charge in [-0.2, -0.15) is 0 Å². The Morgan fingerprint density at radius 2 is 1.44 bits per heavy atom. The standard InChI is InChI=1S/C42H52N6O9/c1-5-24(3)37(39(43)54)47-35(51)23-44-40(55)32(22-36(52)53)46-41(56)38(25(4)6-2)48-18-17-31(42(48)57)45-34(50)20-27-13-11-26(12-14-27)19-33(49)30-16-15-28-9-7-8-10-29(28)21-30/h7-16,21,24-25,31-32,37-38H,5-6,17-20,22-23H2,1-4H3,(H2,43,54)(H,44,55)(H,45,50)(H,46,56)(H,47,51)(H,52,53)/t24-,25-,31?,32-,37-,38-/m0/s1. The van der Waals surface area contributed by atoms with Crippen molar-refractivity contribution in [2.24, 2.45) is 17.6 Å². The van der Waals surface area contributed by atoms with Crippen molar-refractivity contribution in [1.82, 2.24) is 26.2 Å². The Morgan fingerprint density at radius 1 is 0.807 bits per heavy atom. The number of carboxylic acid groups (broad SMARTS) is 1. The Balaban J connectivity index is 1.33. The lowest BCUT2D eigenvalue weighted by Crippen LogP contribution is -2.58. The molecule has 15 heteroatoms. The molecule has 57 heavy (non-hydrogen) atoms. The third-order valence-corrected chi connectivity index (χ3v) is 10.5. The molecule has 1 fully saturated rings. The first-order valence-electron chi connectivity index (χ1n) is 19.2. The number of benzene rings is 3. The quantitative estimate of drug-likeness (QED) is 0.0919. The molecule has 3 aromatic rings. The predicted octanol–water partition coefficient (Wildman–Crippen LogP) is 2.03. The number of primary amides is 1. The van der Waals surface area contributed by atoms with E-state index in [-0.39, 0.29) is 37.5 Å². The summed E-state index contributed by atoms with van der Waals surface area (Å²) in [5.41, 5.74) is 7.47. The summed E-state index contributed by atoms with van der Waals surface area (Å²) in [4.78, 5) is 104. The first kappa shape index (κ1) is 43.6. The highest BCUT2D eigenvalue weighted by molar-refractivity contribution is 6.01. The molecule has 1 saturated heterocycles. The van der Waals surface area contributed by atoms with Crippen molar-refractivity contribution < 1.29 is 43.5 Å². The Labute approximate surface area is 331 Å². The molecule has 0 aliphatic carbocycles. The van der Waals surface area contributed by atoms with E-state index in [1.807, 2.05) is 56.3 Å². The topological polar surface area (TPSA) is 234 Å². The molecule has 3 aromatic carbocycles. The maximum Gasteiger partial charge on any atom is 0.305 e. The minimum atomic E-state index is -1.59. The van der Waals surface area contributed by atoms with Crippen LogP contribution in [0.3, 0.4) is 0 Å². The molecule has 1 aliphatic rings. The van der Waals surface area contributed by atoms with E-state index in [2.05, 4.69) is 21.3 Å². The summed E-state index contributed by atoms with van der Waals surface area (Å²) in [6.07, 6.45) is 0.581. The number of nitrogens with two attached hydrogens (primary N) is 1. The number of aliphatic carboxylic acids is 1. The molecule has 0 bridgehead atoms. The van der Waals surface area contributed by atoms with Crippen LogP contribution in [0.25, 0.3) is 10.8 Å². The molecule has 304 valence electrons. The number of nitrogens with one attached hydrogen (secondary N) is 4. The highest BCUT2D eigenvalue weighted by Crippen LogP contribution is 2.23. The lowest BCUT2D eigenvalue weighted by molar-refractivity contribution is -0.144. The van der Waals surface area contributed by atoms with Gasteiger partial charge in [0.1, 0.15) is 24.2 Å². The van der Waals surface area contributed by atoms with Crippen molar-refractivity contribution in [3.63, 3.8) is 0 Å². The van der Waals surface area contributed by atoms with Crippen molar-refractivity contribution in [3.05, 3.63) is 83.4 Å². The maximum atomic E-state index is 13.7. The molecule has 1 aliphatic heterocycles. The average molecular weight is 785 g/mol. The van der Waals surface area contributed by atoms with E-state index in [4.69, 9.17) is 5.73 Å². The van der Waals surface area contributed by atoms with Crippen LogP contribution in [0.2, 0.25) is 0 Å². The number of Topliss-reactive ketones (excluding diaryl/α,β-unsaturated/α-hetero) is 1. The molecule has 0 aromatic heterocycles. The van der Waals surface area contributed by atoms with Crippen LogP contribution in [-0.2, 0) is 46.4 Å². The van der Waals surface area contributed by atoms with Crippen LogP contribution in [0.1, 0.15) is 74.9 Å². The largest absolute Gasteiger partial charge is 0.481 e. The number of rotatable bonds is 20. The number of hydrogen-bond donors (Lipinski definition) is 6. The Bertz CT molecular complexity index is 1980. The Hall–Kier alpha value is -6.12. The van der Waals surface area contributed by atoms with Gasteiger partial charge >= 0.3 is 5.97 Å². The second-order valence-electron chi connectivity index (χ2n) is 14.6. The van der Waals surface area contributed by atoms with Crippen LogP contribution >= 0.6 is 0 Å². The molecular weight excluding hydrogens is 732 g/mol. The van der Waals surface area contributed by atoms with Gasteiger partial charge in [-0.25, -0.2) is 0 Å². The highest BCUT2D eigenvalue weighted by atomic mass is 16.4. The summed E-state index contributed by atoms with van der Waals surface area (Å²) in [5, 5.41) is 21.5. The third kappa shape index (κ3) is 11.9. The first-order valence-corrected chi connectivity index (χ1v) is 19.2. The number of carbonyl (C=O) groups is 8. The summed E-state index contributed by atoms with van der Waals surface area (Å²) in [6, 6.07) is 15.9. The summed E-state index contributed by atoms with van der Waals surface area (Å²) in [6.45, 7) is 6.61. The number of carboxylic acids is 1. The SMILES string of the molecule is CC[C@H](C)[C@H](NC(=O)CNC(=O)[C@H](CC(=O)O)NC(=O)[C@H]([C@@H](C)CC)N1CCC(NC(=O)Cc2ccc(CC(=O)c3ccc4ccccc4c3)cc2)C1=O)C(N)=O. The summed E-state index contributed by atoms with van der Waals surface area (Å²) in [7, 11) is 0. The van der Waals surface area contributed by atoms with Crippen LogP contribution in [0.4, 0.5) is 0 Å². The minimum Gasteiger partial charge on any atom is -0.481 e.